The lowest BCUT2D eigenvalue weighted by Gasteiger charge is -2.24. The molecule has 0 aromatic heterocycles. The number of anilines is 2. The van der Waals surface area contributed by atoms with E-state index in [2.05, 4.69) is 15.8 Å². The van der Waals surface area contributed by atoms with E-state index in [1.54, 1.807) is 60.7 Å². The zero-order valence-electron chi connectivity index (χ0n) is 25.1. The lowest BCUT2D eigenvalue weighted by atomic mass is 10.2. The van der Waals surface area contributed by atoms with Crippen molar-refractivity contribution in [2.75, 3.05) is 35.6 Å². The van der Waals surface area contributed by atoms with Crippen molar-refractivity contribution in [2.45, 2.75) is 23.6 Å². The lowest BCUT2D eigenvalue weighted by molar-refractivity contribution is -0.119. The highest BCUT2D eigenvalue weighted by atomic mass is 32.2. The maximum atomic E-state index is 13.6. The number of amides is 2. The van der Waals surface area contributed by atoms with Crippen LogP contribution >= 0.6 is 11.8 Å². The third-order valence-corrected chi connectivity index (χ3v) is 8.89. The van der Waals surface area contributed by atoms with Crippen molar-refractivity contribution < 1.29 is 27.5 Å². The highest BCUT2D eigenvalue weighted by molar-refractivity contribution is 7.98. The number of aryl methyl sites for hydroxylation is 1. The summed E-state index contributed by atoms with van der Waals surface area (Å²) in [6.07, 6.45) is 3.32. The molecule has 0 aliphatic carbocycles. The number of rotatable bonds is 14. The van der Waals surface area contributed by atoms with Crippen molar-refractivity contribution >= 4 is 51.2 Å². The number of sulfonamides is 1. The Morgan fingerprint density at radius 2 is 1.47 bits per heavy atom. The normalized spacial score (nSPS) is 11.2. The molecule has 0 fully saturated rings. The van der Waals surface area contributed by atoms with Crippen LogP contribution in [0.5, 0.6) is 11.5 Å². The van der Waals surface area contributed by atoms with Crippen LogP contribution in [0.2, 0.25) is 0 Å². The Morgan fingerprint density at radius 3 is 2.09 bits per heavy atom. The molecule has 234 valence electrons. The molecule has 4 aromatic rings. The first-order valence-electron chi connectivity index (χ1n) is 14.0. The fourth-order valence-electron chi connectivity index (χ4n) is 4.04. The molecule has 0 radical (unpaired) electrons. The Morgan fingerprint density at radius 1 is 0.844 bits per heavy atom. The molecular weight excluding hydrogens is 613 g/mol. The fraction of sp³-hybridized carbons (Fsp3) is 0.182. The molecule has 0 spiro atoms. The zero-order chi connectivity index (χ0) is 32.2. The van der Waals surface area contributed by atoms with E-state index in [4.69, 9.17) is 9.47 Å². The van der Waals surface area contributed by atoms with Crippen LogP contribution in [0.4, 0.5) is 11.4 Å². The van der Waals surface area contributed by atoms with Gasteiger partial charge in [0.2, 0.25) is 0 Å². The van der Waals surface area contributed by atoms with Gasteiger partial charge in [-0.25, -0.2) is 13.8 Å². The Labute approximate surface area is 267 Å². The third-order valence-electron chi connectivity index (χ3n) is 6.36. The van der Waals surface area contributed by atoms with Crippen LogP contribution in [-0.4, -0.2) is 52.5 Å². The van der Waals surface area contributed by atoms with Gasteiger partial charge in [-0.1, -0.05) is 17.7 Å². The van der Waals surface area contributed by atoms with E-state index in [0.717, 1.165) is 14.8 Å². The largest absolute Gasteiger partial charge is 0.494 e. The highest BCUT2D eigenvalue weighted by Crippen LogP contribution is 2.27. The molecule has 0 unspecified atom stereocenters. The van der Waals surface area contributed by atoms with Crippen LogP contribution in [0.3, 0.4) is 0 Å². The molecule has 12 heteroatoms. The summed E-state index contributed by atoms with van der Waals surface area (Å²) in [5.41, 5.74) is 5.13. The molecule has 0 bridgehead atoms. The lowest BCUT2D eigenvalue weighted by Crippen LogP contribution is -2.39. The van der Waals surface area contributed by atoms with Crippen molar-refractivity contribution in [3.63, 3.8) is 0 Å². The maximum Gasteiger partial charge on any atom is 0.264 e. The van der Waals surface area contributed by atoms with Crippen LogP contribution in [0.1, 0.15) is 18.1 Å². The van der Waals surface area contributed by atoms with Crippen LogP contribution < -0.4 is 24.5 Å². The Balaban J connectivity index is 1.37. The van der Waals surface area contributed by atoms with Gasteiger partial charge in [0.25, 0.3) is 21.8 Å². The number of thioether (sulfide) groups is 1. The molecule has 0 aliphatic heterocycles. The minimum Gasteiger partial charge on any atom is -0.494 e. The van der Waals surface area contributed by atoms with E-state index in [1.165, 1.54) is 30.1 Å². The van der Waals surface area contributed by atoms with Gasteiger partial charge in [-0.3, -0.25) is 13.9 Å². The quantitative estimate of drug-likeness (QED) is 0.106. The van der Waals surface area contributed by atoms with Crippen LogP contribution in [0.15, 0.2) is 112 Å². The van der Waals surface area contributed by atoms with E-state index in [-0.39, 0.29) is 17.4 Å². The average Bonchev–Trinajstić information content (AvgIpc) is 3.05. The molecule has 10 nitrogen and oxygen atoms in total. The molecule has 2 amide bonds. The van der Waals surface area contributed by atoms with Gasteiger partial charge in [-0.2, -0.15) is 5.10 Å². The first kappa shape index (κ1) is 33.1. The van der Waals surface area contributed by atoms with Crippen molar-refractivity contribution in [3.8, 4) is 11.5 Å². The van der Waals surface area contributed by atoms with E-state index < -0.39 is 22.5 Å². The smallest absolute Gasteiger partial charge is 0.264 e. The number of benzene rings is 4. The van der Waals surface area contributed by atoms with Crippen LogP contribution in [0, 0.1) is 6.92 Å². The summed E-state index contributed by atoms with van der Waals surface area (Å²) in [6.45, 7) is 3.62. The molecular formula is C33H34N4O6S2. The molecule has 0 aliphatic rings. The van der Waals surface area contributed by atoms with Gasteiger partial charge in [0.15, 0.2) is 6.61 Å². The van der Waals surface area contributed by atoms with E-state index in [0.29, 0.717) is 35.0 Å². The molecule has 0 heterocycles. The summed E-state index contributed by atoms with van der Waals surface area (Å²) in [7, 11) is -4.08. The Hall–Kier alpha value is -4.81. The van der Waals surface area contributed by atoms with Gasteiger partial charge in [0, 0.05) is 10.6 Å². The summed E-state index contributed by atoms with van der Waals surface area (Å²) in [4.78, 5) is 26.0. The van der Waals surface area contributed by atoms with Crippen molar-refractivity contribution in [3.05, 3.63) is 108 Å². The van der Waals surface area contributed by atoms with Gasteiger partial charge >= 0.3 is 0 Å². The molecule has 4 rings (SSSR count). The molecule has 0 saturated heterocycles. The number of ether oxygens (including phenoxy) is 2. The number of hydrogen-bond acceptors (Lipinski definition) is 8. The first-order chi connectivity index (χ1) is 21.7. The highest BCUT2D eigenvalue weighted by Gasteiger charge is 2.27. The summed E-state index contributed by atoms with van der Waals surface area (Å²) in [6, 6.07) is 27.2. The number of hydrogen-bond donors (Lipinski definition) is 2. The van der Waals surface area contributed by atoms with Gasteiger partial charge in [0.1, 0.15) is 18.0 Å². The van der Waals surface area contributed by atoms with Crippen molar-refractivity contribution in [1.29, 1.82) is 0 Å². The number of nitrogens with zero attached hydrogens (tertiary/aromatic N) is 2. The second kappa shape index (κ2) is 15.8. The van der Waals surface area contributed by atoms with Crippen molar-refractivity contribution in [1.82, 2.24) is 5.43 Å². The molecule has 2 N–H and O–H groups in total. The summed E-state index contributed by atoms with van der Waals surface area (Å²) >= 11 is 1.50. The number of nitrogens with one attached hydrogen (secondary N) is 2. The maximum absolute atomic E-state index is 13.6. The first-order valence-corrected chi connectivity index (χ1v) is 16.7. The Bertz CT molecular complexity index is 1710. The third kappa shape index (κ3) is 9.59. The van der Waals surface area contributed by atoms with Gasteiger partial charge < -0.3 is 14.8 Å². The molecule has 0 atom stereocenters. The topological polar surface area (TPSA) is 126 Å². The minimum atomic E-state index is -4.08. The minimum absolute atomic E-state index is 0.0559. The second-order valence-corrected chi connectivity index (χ2v) is 12.4. The van der Waals surface area contributed by atoms with E-state index in [9.17, 15) is 18.0 Å². The predicted molar refractivity (Wildman–Crippen MR) is 178 cm³/mol. The van der Waals surface area contributed by atoms with Crippen LogP contribution in [0.25, 0.3) is 0 Å². The predicted octanol–water partition coefficient (Wildman–Crippen LogP) is 5.48. The molecule has 4 aromatic carbocycles. The standard InChI is InChI=1S/C33H34N4O6S2/c1-4-42-28-15-11-27(12-16-28)37(45(40,41)31-19-17-30(44-3)18-20-31)22-32(38)36-34-21-25-7-13-29(14-8-25)43-23-33(39)35-26-9-5-24(2)6-10-26/h5-21H,4,22-23H2,1-3H3,(H,35,39)(H,36,38)/b34-21-. The van der Waals surface area contributed by atoms with Gasteiger partial charge in [-0.15, -0.1) is 11.8 Å². The average molecular weight is 647 g/mol. The SMILES string of the molecule is CCOc1ccc(N(CC(=O)N/N=C\c2ccc(OCC(=O)Nc3ccc(C)cc3)cc2)S(=O)(=O)c2ccc(SC)cc2)cc1. The summed E-state index contributed by atoms with van der Waals surface area (Å²) in [5, 5.41) is 6.76. The van der Waals surface area contributed by atoms with Gasteiger partial charge in [-0.05, 0) is 111 Å². The molecule has 0 saturated carbocycles. The number of carbonyl (C=O) groups is 2. The van der Waals surface area contributed by atoms with Crippen molar-refractivity contribution in [2.24, 2.45) is 5.10 Å². The second-order valence-electron chi connectivity index (χ2n) is 9.68. The number of hydrazone groups is 1. The van der Waals surface area contributed by atoms with E-state index in [1.807, 2.05) is 44.4 Å². The van der Waals surface area contributed by atoms with Crippen LogP contribution in [-0.2, 0) is 19.6 Å². The Kier molecular flexibility index (Phi) is 11.6. The molecule has 45 heavy (non-hydrogen) atoms. The number of carbonyl (C=O) groups excluding carboxylic acids is 2. The zero-order valence-corrected chi connectivity index (χ0v) is 26.7. The monoisotopic (exact) mass is 646 g/mol. The summed E-state index contributed by atoms with van der Waals surface area (Å²) in [5.74, 6) is 0.144. The fourth-order valence-corrected chi connectivity index (χ4v) is 5.87. The van der Waals surface area contributed by atoms with E-state index >= 15 is 0 Å². The summed E-state index contributed by atoms with van der Waals surface area (Å²) < 4.78 is 39.3. The van der Waals surface area contributed by atoms with Gasteiger partial charge in [0.05, 0.1) is 23.4 Å².